The van der Waals surface area contributed by atoms with Crippen molar-refractivity contribution in [2.45, 2.75) is 6.43 Å². The van der Waals surface area contributed by atoms with Gasteiger partial charge in [-0.1, -0.05) is 22.0 Å². The number of carbonyl (C=O) groups excluding carboxylic acids is 1. The second-order valence-electron chi connectivity index (χ2n) is 3.43. The molecule has 0 saturated carbocycles. The van der Waals surface area contributed by atoms with Crippen LogP contribution in [0, 0.1) is 5.82 Å². The Morgan fingerprint density at radius 3 is 2.56 bits per heavy atom. The lowest BCUT2D eigenvalue weighted by Gasteiger charge is -2.22. The van der Waals surface area contributed by atoms with Crippen LogP contribution >= 0.6 is 31.9 Å². The Labute approximate surface area is 119 Å². The molecule has 0 aliphatic carbocycles. The Hall–Kier alpha value is -0.560. The Kier molecular flexibility index (Phi) is 6.14. The lowest BCUT2D eigenvalue weighted by atomic mass is 10.2. The Morgan fingerprint density at radius 1 is 1.39 bits per heavy atom. The minimum absolute atomic E-state index is 0.0872. The summed E-state index contributed by atoms with van der Waals surface area (Å²) in [5.74, 6) is -1.48. The number of nitrogens with zero attached hydrogens (tertiary/aromatic N) is 1. The quantitative estimate of drug-likeness (QED) is 0.704. The topological polar surface area (TPSA) is 20.3 Å². The molecular weight excluding hydrogens is 379 g/mol. The highest BCUT2D eigenvalue weighted by Crippen LogP contribution is 2.21. The highest BCUT2D eigenvalue weighted by molar-refractivity contribution is 9.10. The minimum Gasteiger partial charge on any atom is -0.332 e. The first kappa shape index (κ1) is 15.5. The van der Waals surface area contributed by atoms with Crippen LogP contribution in [0.1, 0.15) is 10.4 Å². The van der Waals surface area contributed by atoms with Gasteiger partial charge in [-0.25, -0.2) is 13.2 Å². The second kappa shape index (κ2) is 7.13. The van der Waals surface area contributed by atoms with Crippen molar-refractivity contribution in [3.8, 4) is 0 Å². The number of hydrogen-bond donors (Lipinski definition) is 0. The van der Waals surface area contributed by atoms with Crippen LogP contribution in [0.4, 0.5) is 13.2 Å². The second-order valence-corrected chi connectivity index (χ2v) is 5.08. The van der Waals surface area contributed by atoms with Crippen molar-refractivity contribution in [2.24, 2.45) is 0 Å². The molecule has 1 rings (SSSR count). The van der Waals surface area contributed by atoms with Crippen LogP contribution in [-0.4, -0.2) is 35.7 Å². The summed E-state index contributed by atoms with van der Waals surface area (Å²) in [7, 11) is 0. The summed E-state index contributed by atoms with van der Waals surface area (Å²) < 4.78 is 38.6. The Morgan fingerprint density at radius 2 is 2.06 bits per heavy atom. The number of amides is 1. The standard InChI is InChI=1S/C11H10Br2F3NO/c12-4-5-17(6-9(15)16)11(18)10-7(13)2-1-3-8(10)14/h1-3,9H,4-6H2. The largest absolute Gasteiger partial charge is 0.332 e. The van der Waals surface area contributed by atoms with Gasteiger partial charge in [0.05, 0.1) is 12.1 Å². The lowest BCUT2D eigenvalue weighted by Crippen LogP contribution is -2.37. The molecule has 0 atom stereocenters. The molecular formula is C11H10Br2F3NO. The van der Waals surface area contributed by atoms with Crippen molar-refractivity contribution < 1.29 is 18.0 Å². The molecule has 0 radical (unpaired) electrons. The van der Waals surface area contributed by atoms with Gasteiger partial charge in [0.2, 0.25) is 0 Å². The van der Waals surface area contributed by atoms with E-state index in [2.05, 4.69) is 31.9 Å². The molecule has 7 heteroatoms. The monoisotopic (exact) mass is 387 g/mol. The van der Waals surface area contributed by atoms with Crippen molar-refractivity contribution in [1.82, 2.24) is 4.90 Å². The molecule has 0 bridgehead atoms. The summed E-state index contributed by atoms with van der Waals surface area (Å²) in [5.41, 5.74) is -0.223. The smallest absolute Gasteiger partial charge is 0.258 e. The van der Waals surface area contributed by atoms with Gasteiger partial charge >= 0.3 is 0 Å². The summed E-state index contributed by atoms with van der Waals surface area (Å²) in [6.07, 6.45) is -2.65. The van der Waals surface area contributed by atoms with E-state index in [1.807, 2.05) is 0 Å². The summed E-state index contributed by atoms with van der Waals surface area (Å²) in [5, 5.41) is 0.345. The number of benzene rings is 1. The van der Waals surface area contributed by atoms with Gasteiger partial charge in [0.1, 0.15) is 5.82 Å². The summed E-state index contributed by atoms with van der Waals surface area (Å²) in [4.78, 5) is 12.9. The number of halogens is 5. The Balaban J connectivity index is 3.01. The van der Waals surface area contributed by atoms with E-state index < -0.39 is 24.7 Å². The van der Waals surface area contributed by atoms with Crippen LogP contribution in [0.2, 0.25) is 0 Å². The molecule has 0 fully saturated rings. The maximum Gasteiger partial charge on any atom is 0.258 e. The summed E-state index contributed by atoms with van der Waals surface area (Å²) in [6.45, 7) is -0.630. The van der Waals surface area contributed by atoms with Crippen molar-refractivity contribution in [1.29, 1.82) is 0 Å². The fraction of sp³-hybridized carbons (Fsp3) is 0.364. The molecule has 18 heavy (non-hydrogen) atoms. The van der Waals surface area contributed by atoms with Crippen LogP contribution in [0.15, 0.2) is 22.7 Å². The van der Waals surface area contributed by atoms with Gasteiger partial charge in [0.15, 0.2) is 0 Å². The maximum absolute atomic E-state index is 13.6. The van der Waals surface area contributed by atoms with Crippen molar-refractivity contribution in [3.05, 3.63) is 34.1 Å². The molecule has 0 heterocycles. The van der Waals surface area contributed by atoms with Crippen LogP contribution in [0.5, 0.6) is 0 Å². The van der Waals surface area contributed by atoms with E-state index >= 15 is 0 Å². The SMILES string of the molecule is O=C(c1c(F)cccc1Br)N(CCBr)CC(F)F. The van der Waals surface area contributed by atoms with Gasteiger partial charge in [-0.15, -0.1) is 0 Å². The molecule has 0 aliphatic rings. The van der Waals surface area contributed by atoms with Gasteiger partial charge in [0.25, 0.3) is 12.3 Å². The number of hydrogen-bond acceptors (Lipinski definition) is 1. The molecule has 2 nitrogen and oxygen atoms in total. The van der Waals surface area contributed by atoms with Gasteiger partial charge in [0, 0.05) is 16.3 Å². The third kappa shape index (κ3) is 3.98. The fourth-order valence-corrected chi connectivity index (χ4v) is 2.34. The highest BCUT2D eigenvalue weighted by Gasteiger charge is 2.23. The highest BCUT2D eigenvalue weighted by atomic mass is 79.9. The van der Waals surface area contributed by atoms with Crippen molar-refractivity contribution in [3.63, 3.8) is 0 Å². The summed E-state index contributed by atoms with van der Waals surface area (Å²) in [6, 6.07) is 4.04. The lowest BCUT2D eigenvalue weighted by molar-refractivity contribution is 0.0567. The summed E-state index contributed by atoms with van der Waals surface area (Å²) >= 11 is 6.12. The third-order valence-electron chi connectivity index (χ3n) is 2.18. The Bertz CT molecular complexity index is 408. The van der Waals surface area contributed by atoms with Crippen molar-refractivity contribution >= 4 is 37.8 Å². The predicted octanol–water partition coefficient (Wildman–Crippen LogP) is 3.69. The van der Waals surface area contributed by atoms with Crippen LogP contribution in [0.3, 0.4) is 0 Å². The van der Waals surface area contributed by atoms with E-state index in [1.165, 1.54) is 12.1 Å². The molecule has 0 N–H and O–H groups in total. The molecule has 1 aromatic rings. The van der Waals surface area contributed by atoms with E-state index in [4.69, 9.17) is 0 Å². The van der Waals surface area contributed by atoms with E-state index in [1.54, 1.807) is 0 Å². The molecule has 0 saturated heterocycles. The molecule has 1 amide bonds. The minimum atomic E-state index is -2.65. The molecule has 0 unspecified atom stereocenters. The zero-order chi connectivity index (χ0) is 13.7. The maximum atomic E-state index is 13.6. The molecule has 0 spiro atoms. The van der Waals surface area contributed by atoms with Gasteiger partial charge in [-0.05, 0) is 28.1 Å². The number of rotatable bonds is 5. The van der Waals surface area contributed by atoms with E-state index in [-0.39, 0.29) is 16.6 Å². The zero-order valence-electron chi connectivity index (χ0n) is 9.18. The van der Waals surface area contributed by atoms with Crippen LogP contribution in [-0.2, 0) is 0 Å². The van der Waals surface area contributed by atoms with E-state index in [0.717, 1.165) is 11.0 Å². The molecule has 100 valence electrons. The van der Waals surface area contributed by atoms with Crippen LogP contribution < -0.4 is 0 Å². The van der Waals surface area contributed by atoms with E-state index in [0.29, 0.717) is 5.33 Å². The third-order valence-corrected chi connectivity index (χ3v) is 3.19. The van der Waals surface area contributed by atoms with E-state index in [9.17, 15) is 18.0 Å². The first-order valence-electron chi connectivity index (χ1n) is 5.04. The molecule has 0 aromatic heterocycles. The number of alkyl halides is 3. The zero-order valence-corrected chi connectivity index (χ0v) is 12.3. The van der Waals surface area contributed by atoms with Crippen molar-refractivity contribution in [2.75, 3.05) is 18.4 Å². The normalized spacial score (nSPS) is 10.8. The first-order chi connectivity index (χ1) is 8.47. The average Bonchev–Trinajstić information content (AvgIpc) is 2.27. The first-order valence-corrected chi connectivity index (χ1v) is 6.96. The molecule has 1 aromatic carbocycles. The average molecular weight is 389 g/mol. The number of carbonyl (C=O) groups is 1. The van der Waals surface area contributed by atoms with Gasteiger partial charge in [-0.3, -0.25) is 4.79 Å². The predicted molar refractivity (Wildman–Crippen MR) is 69.8 cm³/mol. The van der Waals surface area contributed by atoms with Crippen LogP contribution in [0.25, 0.3) is 0 Å². The van der Waals surface area contributed by atoms with Gasteiger partial charge in [-0.2, -0.15) is 0 Å². The fourth-order valence-electron chi connectivity index (χ4n) is 1.40. The molecule has 0 aliphatic heterocycles. The van der Waals surface area contributed by atoms with Gasteiger partial charge < -0.3 is 4.90 Å².